The normalized spacial score (nSPS) is 16.8. The number of nitrogens with one attached hydrogen (secondary N) is 6. The van der Waals surface area contributed by atoms with Gasteiger partial charge in [-0.15, -0.1) is 0 Å². The summed E-state index contributed by atoms with van der Waals surface area (Å²) in [5, 5.41) is 28.2. The van der Waals surface area contributed by atoms with Crippen LogP contribution >= 0.6 is 0 Å². The van der Waals surface area contributed by atoms with E-state index in [-0.39, 0.29) is 31.3 Å². The molecule has 2 saturated heterocycles. The van der Waals surface area contributed by atoms with Crippen LogP contribution in [0, 0.1) is 11.8 Å². The molecular weight excluding hydrogens is 803 g/mol. The monoisotopic (exact) mass is 872 g/mol. The standard InChI is InChI=1S/C47H69N9O7/c1-34(2)42(51-46(60)48-19-21-54-23-27-62-28-24-54)44(58)50-40(31-36-11-7-5-8-12-36)41(57)33-56(32-37-15-17-39(18-16-37)38-13-9-6-10-14-38)53-45(59)43(35(3)4)52-47(61)49-20-22-55-25-29-63-30-26-55/h5-18,34-35,40-43,57H,19-33H2,1-4H3,(H,50,58)(H,53,59)(H2,48,51,60)(H2,49,52,61)/t40?,41?,42-,43-/m0/s1. The van der Waals surface area contributed by atoms with E-state index in [1.54, 1.807) is 5.01 Å². The van der Waals surface area contributed by atoms with E-state index >= 15 is 0 Å². The lowest BCUT2D eigenvalue weighted by Crippen LogP contribution is -2.60. The minimum Gasteiger partial charge on any atom is -0.390 e. The van der Waals surface area contributed by atoms with Gasteiger partial charge in [0.25, 0.3) is 5.91 Å². The number of hydrazine groups is 1. The average molecular weight is 872 g/mol. The fraction of sp³-hybridized carbons (Fsp3) is 0.532. The van der Waals surface area contributed by atoms with Crippen LogP contribution in [0.15, 0.2) is 84.9 Å². The summed E-state index contributed by atoms with van der Waals surface area (Å²) in [6, 6.07) is 24.0. The first kappa shape index (κ1) is 48.9. The van der Waals surface area contributed by atoms with Gasteiger partial charge in [0.05, 0.1) is 38.6 Å². The minimum absolute atomic E-state index is 0.0810. The molecular formula is C47H69N9O7. The molecule has 3 aromatic rings. The van der Waals surface area contributed by atoms with Crippen molar-refractivity contribution in [3.8, 4) is 11.1 Å². The largest absolute Gasteiger partial charge is 0.390 e. The Morgan fingerprint density at radius 1 is 0.619 bits per heavy atom. The van der Waals surface area contributed by atoms with Crippen LogP contribution in [-0.2, 0) is 32.0 Å². The zero-order valence-corrected chi connectivity index (χ0v) is 37.4. The average Bonchev–Trinajstić information content (AvgIpc) is 3.28. The maximum absolute atomic E-state index is 14.1. The molecule has 0 saturated carbocycles. The molecule has 0 aliphatic carbocycles. The van der Waals surface area contributed by atoms with Crippen molar-refractivity contribution in [2.75, 3.05) is 85.3 Å². The van der Waals surface area contributed by atoms with E-state index in [9.17, 15) is 24.3 Å². The summed E-state index contributed by atoms with van der Waals surface area (Å²) in [7, 11) is 0. The molecule has 2 unspecified atom stereocenters. The van der Waals surface area contributed by atoms with Gasteiger partial charge in [0.15, 0.2) is 0 Å². The Morgan fingerprint density at radius 3 is 1.60 bits per heavy atom. The van der Waals surface area contributed by atoms with E-state index in [2.05, 4.69) is 41.8 Å². The SMILES string of the molecule is CC(C)[C@H](NC(=O)NCCN1CCOCC1)C(=O)NC(Cc1ccccc1)C(O)CN(Cc1ccc(-c2ccccc2)cc1)NC(=O)[C@@H](NC(=O)NCCN1CCOCC1)C(C)C. The third-order valence-electron chi connectivity index (χ3n) is 11.3. The highest BCUT2D eigenvalue weighted by Gasteiger charge is 2.32. The second-order valence-corrected chi connectivity index (χ2v) is 16.9. The Bertz CT molecular complexity index is 1830. The summed E-state index contributed by atoms with van der Waals surface area (Å²) in [6.07, 6.45) is -0.916. The van der Waals surface area contributed by atoms with Crippen molar-refractivity contribution in [1.29, 1.82) is 0 Å². The van der Waals surface area contributed by atoms with Crippen LogP contribution in [0.2, 0.25) is 0 Å². The molecule has 2 heterocycles. The molecule has 16 nitrogen and oxygen atoms in total. The first-order valence-electron chi connectivity index (χ1n) is 22.4. The van der Waals surface area contributed by atoms with Crippen molar-refractivity contribution in [3.05, 3.63) is 96.1 Å². The number of nitrogens with zero attached hydrogens (tertiary/aromatic N) is 3. The molecule has 344 valence electrons. The maximum Gasteiger partial charge on any atom is 0.315 e. The third kappa shape index (κ3) is 16.8. The first-order chi connectivity index (χ1) is 30.4. The molecule has 16 heteroatoms. The van der Waals surface area contributed by atoms with E-state index in [4.69, 9.17) is 9.47 Å². The number of urea groups is 2. The van der Waals surface area contributed by atoms with Crippen molar-refractivity contribution in [1.82, 2.24) is 46.8 Å². The Morgan fingerprint density at radius 2 is 1.10 bits per heavy atom. The molecule has 7 N–H and O–H groups in total. The van der Waals surface area contributed by atoms with Crippen molar-refractivity contribution in [2.45, 2.75) is 64.9 Å². The Kier molecular flexibility index (Phi) is 20.1. The van der Waals surface area contributed by atoms with Crippen molar-refractivity contribution < 1.29 is 33.8 Å². The smallest absolute Gasteiger partial charge is 0.315 e. The van der Waals surface area contributed by atoms with E-state index < -0.39 is 48.1 Å². The number of aliphatic hydroxyl groups is 1. The predicted molar refractivity (Wildman–Crippen MR) is 243 cm³/mol. The zero-order chi connectivity index (χ0) is 45.0. The molecule has 0 bridgehead atoms. The van der Waals surface area contributed by atoms with Crippen LogP contribution < -0.4 is 32.0 Å². The molecule has 3 aromatic carbocycles. The molecule has 63 heavy (non-hydrogen) atoms. The van der Waals surface area contributed by atoms with Crippen LogP contribution in [-0.4, -0.2) is 153 Å². The van der Waals surface area contributed by atoms with E-state index in [1.807, 2.05) is 113 Å². The number of hydrogen-bond acceptors (Lipinski definition) is 10. The summed E-state index contributed by atoms with van der Waals surface area (Å²) < 4.78 is 10.8. The number of carbonyl (C=O) groups is 4. The van der Waals surface area contributed by atoms with Crippen LogP contribution in [0.4, 0.5) is 9.59 Å². The number of amides is 6. The van der Waals surface area contributed by atoms with Gasteiger partial charge in [-0.2, -0.15) is 0 Å². The molecule has 0 spiro atoms. The van der Waals surface area contributed by atoms with Gasteiger partial charge in [0.1, 0.15) is 12.1 Å². The summed E-state index contributed by atoms with van der Waals surface area (Å²) in [5.41, 5.74) is 6.85. The van der Waals surface area contributed by atoms with E-state index in [0.29, 0.717) is 52.6 Å². The molecule has 0 radical (unpaired) electrons. The molecule has 2 aliphatic rings. The highest BCUT2D eigenvalue weighted by atomic mass is 16.5. The summed E-state index contributed by atoms with van der Waals surface area (Å²) in [6.45, 7) is 15.6. The number of carbonyl (C=O) groups excluding carboxylic acids is 4. The molecule has 4 atom stereocenters. The highest BCUT2D eigenvalue weighted by Crippen LogP contribution is 2.20. The predicted octanol–water partition coefficient (Wildman–Crippen LogP) is 2.59. The van der Waals surface area contributed by atoms with Gasteiger partial charge in [-0.3, -0.25) is 24.8 Å². The molecule has 5 rings (SSSR count). The number of rotatable bonds is 22. The highest BCUT2D eigenvalue weighted by molar-refractivity contribution is 5.88. The van der Waals surface area contributed by atoms with Gasteiger partial charge in [0.2, 0.25) is 5.91 Å². The number of ether oxygens (including phenoxy) is 2. The number of morpholine rings is 2. The molecule has 2 fully saturated rings. The number of aliphatic hydroxyl groups excluding tert-OH is 1. The lowest BCUT2D eigenvalue weighted by atomic mass is 9.98. The maximum atomic E-state index is 14.1. The zero-order valence-electron chi connectivity index (χ0n) is 37.4. The lowest BCUT2D eigenvalue weighted by molar-refractivity contribution is -0.131. The first-order valence-corrected chi connectivity index (χ1v) is 22.4. The fourth-order valence-electron chi connectivity index (χ4n) is 7.56. The number of hydrogen-bond donors (Lipinski definition) is 7. The van der Waals surface area contributed by atoms with Gasteiger partial charge in [-0.05, 0) is 40.5 Å². The van der Waals surface area contributed by atoms with Crippen LogP contribution in [0.3, 0.4) is 0 Å². The summed E-state index contributed by atoms with van der Waals surface area (Å²) >= 11 is 0. The topological polar surface area (TPSA) is 189 Å². The summed E-state index contributed by atoms with van der Waals surface area (Å²) in [5.74, 6) is -1.43. The Balaban J connectivity index is 1.30. The minimum atomic E-state index is -1.19. The van der Waals surface area contributed by atoms with Crippen LogP contribution in [0.1, 0.15) is 38.8 Å². The van der Waals surface area contributed by atoms with Crippen molar-refractivity contribution in [2.24, 2.45) is 11.8 Å². The van der Waals surface area contributed by atoms with Gasteiger partial charge in [-0.25, -0.2) is 14.6 Å². The van der Waals surface area contributed by atoms with Gasteiger partial charge in [-0.1, -0.05) is 113 Å². The lowest BCUT2D eigenvalue weighted by Gasteiger charge is -2.33. The quantitative estimate of drug-likeness (QED) is 0.0740. The van der Waals surface area contributed by atoms with Gasteiger partial charge >= 0.3 is 12.1 Å². The number of benzene rings is 3. The Hall–Kier alpha value is -5.10. The second-order valence-electron chi connectivity index (χ2n) is 16.9. The molecule has 2 aliphatic heterocycles. The van der Waals surface area contributed by atoms with Crippen molar-refractivity contribution in [3.63, 3.8) is 0 Å². The van der Waals surface area contributed by atoms with Crippen LogP contribution in [0.25, 0.3) is 11.1 Å². The van der Waals surface area contributed by atoms with Crippen molar-refractivity contribution >= 4 is 23.9 Å². The second kappa shape index (κ2) is 25.9. The summed E-state index contributed by atoms with van der Waals surface area (Å²) in [4.78, 5) is 58.7. The van der Waals surface area contributed by atoms with Gasteiger partial charge < -0.3 is 41.2 Å². The van der Waals surface area contributed by atoms with Crippen LogP contribution in [0.5, 0.6) is 0 Å². The fourth-order valence-corrected chi connectivity index (χ4v) is 7.56. The van der Waals surface area contributed by atoms with E-state index in [1.165, 1.54) is 0 Å². The molecule has 6 amide bonds. The van der Waals surface area contributed by atoms with E-state index in [0.717, 1.165) is 48.4 Å². The van der Waals surface area contributed by atoms with Gasteiger partial charge in [0, 0.05) is 65.4 Å². The molecule has 0 aromatic heterocycles. The third-order valence-corrected chi connectivity index (χ3v) is 11.3. The Labute approximate surface area is 372 Å².